The van der Waals surface area contributed by atoms with Crippen LogP contribution in [0.2, 0.25) is 0 Å². The van der Waals surface area contributed by atoms with E-state index < -0.39 is 12.1 Å². The summed E-state index contributed by atoms with van der Waals surface area (Å²) >= 11 is 2.34. The number of carboxylic acid groups (broad SMARTS) is 1. The zero-order chi connectivity index (χ0) is 16.4. The van der Waals surface area contributed by atoms with Crippen LogP contribution in [-0.2, 0) is 4.79 Å². The van der Waals surface area contributed by atoms with Gasteiger partial charge in [0.25, 0.3) is 0 Å². The predicted molar refractivity (Wildman–Crippen MR) is 83.5 cm³/mol. The van der Waals surface area contributed by atoms with Crippen LogP contribution in [0, 0.1) is 0 Å². The summed E-state index contributed by atoms with van der Waals surface area (Å²) < 4.78 is -0.129. The van der Waals surface area contributed by atoms with Gasteiger partial charge in [-0.3, -0.25) is 4.90 Å². The number of amides is 1. The molecule has 0 bridgehead atoms. The van der Waals surface area contributed by atoms with Gasteiger partial charge in [-0.05, 0) is 12.1 Å². The van der Waals surface area contributed by atoms with E-state index in [9.17, 15) is 9.59 Å². The van der Waals surface area contributed by atoms with Crippen LogP contribution >= 0.6 is 0 Å². The molecule has 1 aromatic rings. The fraction of sp³-hybridized carbons (Fsp3) is 0.308. The summed E-state index contributed by atoms with van der Waals surface area (Å²) in [6, 6.07) is 8.52. The molecule has 1 unspecified atom stereocenters. The van der Waals surface area contributed by atoms with E-state index >= 15 is 0 Å². The summed E-state index contributed by atoms with van der Waals surface area (Å²) in [4.78, 5) is 25.9. The molecule has 1 amide bonds. The molecule has 0 fully saturated rings. The Kier molecular flexibility index (Phi) is 8.83. The fourth-order valence-electron chi connectivity index (χ4n) is 1.25. The number of carbonyl (C=O) groups is 2. The van der Waals surface area contributed by atoms with E-state index in [4.69, 9.17) is 16.6 Å². The maximum Gasteiger partial charge on any atom is 0.411 e. The van der Waals surface area contributed by atoms with Gasteiger partial charge in [0.1, 0.15) is 0 Å². The van der Waals surface area contributed by atoms with Crippen LogP contribution in [0.25, 0.3) is 0 Å². The molecule has 7 nitrogen and oxygen atoms in total. The Bertz CT molecular complexity index is 489. The number of para-hydroxylation sites is 1. The Morgan fingerprint density at radius 2 is 1.86 bits per heavy atom. The van der Waals surface area contributed by atoms with E-state index in [1.54, 1.807) is 24.3 Å². The molecule has 1 radical (unpaired) electrons. The first kappa shape index (κ1) is 18.9. The summed E-state index contributed by atoms with van der Waals surface area (Å²) in [6.07, 6.45) is -0.333. The molecular weight excluding hydrogens is 339 g/mol. The van der Waals surface area contributed by atoms with Crippen LogP contribution in [0.1, 0.15) is 13.3 Å². The first-order valence-electron chi connectivity index (χ1n) is 6.10. The Balaban J connectivity index is 0.000000384. The Morgan fingerprint density at radius 3 is 2.14 bits per heavy atom. The molecule has 0 aliphatic carbocycles. The normalized spacial score (nSPS) is 10.6. The van der Waals surface area contributed by atoms with Crippen molar-refractivity contribution in [3.8, 4) is 0 Å². The van der Waals surface area contributed by atoms with Gasteiger partial charge in [-0.15, -0.1) is 0 Å². The maximum absolute atomic E-state index is 10.6. The van der Waals surface area contributed by atoms with Crippen molar-refractivity contribution in [2.45, 2.75) is 19.4 Å². The molecule has 1 rings (SSSR count). The van der Waals surface area contributed by atoms with E-state index in [2.05, 4.69) is 21.0 Å². The fourth-order valence-corrected chi connectivity index (χ4v) is 1.71. The summed E-state index contributed by atoms with van der Waals surface area (Å²) in [7, 11) is 1.51. The SMILES string of the molecule is CCC(N=C(N)N)C(=O)[Se].CN(C(=O)O)c1ccccc1. The third kappa shape index (κ3) is 7.96. The topological polar surface area (TPSA) is 122 Å². The number of nitrogens with two attached hydrogens (primary N) is 2. The van der Waals surface area contributed by atoms with Crippen LogP contribution in [0.5, 0.6) is 0 Å². The molecule has 8 heteroatoms. The second-order valence-electron chi connectivity index (χ2n) is 3.97. The summed E-state index contributed by atoms with van der Waals surface area (Å²) in [5.74, 6) is -0.0459. The first-order chi connectivity index (χ1) is 9.79. The van der Waals surface area contributed by atoms with Gasteiger partial charge in [-0.1, -0.05) is 18.2 Å². The van der Waals surface area contributed by atoms with E-state index in [-0.39, 0.29) is 10.6 Å². The van der Waals surface area contributed by atoms with Crippen molar-refractivity contribution >= 4 is 38.4 Å². The molecule has 115 valence electrons. The average molecular weight is 358 g/mol. The van der Waals surface area contributed by atoms with E-state index in [0.717, 1.165) is 0 Å². The van der Waals surface area contributed by atoms with Gasteiger partial charge in [-0.2, -0.15) is 0 Å². The van der Waals surface area contributed by atoms with Crippen molar-refractivity contribution < 1.29 is 14.7 Å². The van der Waals surface area contributed by atoms with Crippen molar-refractivity contribution in [3.05, 3.63) is 30.3 Å². The van der Waals surface area contributed by atoms with Gasteiger partial charge < -0.3 is 5.11 Å². The third-order valence-corrected chi connectivity index (χ3v) is 2.96. The second-order valence-corrected chi connectivity index (χ2v) is 4.82. The van der Waals surface area contributed by atoms with Gasteiger partial charge in [0.2, 0.25) is 0 Å². The van der Waals surface area contributed by atoms with Crippen molar-refractivity contribution in [2.75, 3.05) is 11.9 Å². The summed E-state index contributed by atoms with van der Waals surface area (Å²) in [5, 5.41) is 8.56. The predicted octanol–water partition coefficient (Wildman–Crippen LogP) is 0.534. The molecular formula is C13H19N4O3Se. The van der Waals surface area contributed by atoms with Gasteiger partial charge in [0.15, 0.2) is 0 Å². The van der Waals surface area contributed by atoms with Crippen molar-refractivity contribution in [2.24, 2.45) is 16.5 Å². The summed E-state index contributed by atoms with van der Waals surface area (Å²) in [5.41, 5.74) is 10.8. The molecule has 21 heavy (non-hydrogen) atoms. The number of hydrogen-bond donors (Lipinski definition) is 3. The number of hydrogen-bond acceptors (Lipinski definition) is 3. The number of benzene rings is 1. The van der Waals surface area contributed by atoms with Gasteiger partial charge in [-0.25, -0.2) is 4.79 Å². The molecule has 1 aromatic carbocycles. The largest absolute Gasteiger partial charge is 0.465 e. The second kappa shape index (κ2) is 9.79. The van der Waals surface area contributed by atoms with Crippen LogP contribution in [0.3, 0.4) is 0 Å². The molecule has 1 atom stereocenters. The number of nitrogens with zero attached hydrogens (tertiary/aromatic N) is 2. The maximum atomic E-state index is 10.6. The zero-order valence-corrected chi connectivity index (χ0v) is 13.6. The van der Waals surface area contributed by atoms with Crippen molar-refractivity contribution in [3.63, 3.8) is 0 Å². The van der Waals surface area contributed by atoms with E-state index in [1.165, 1.54) is 11.9 Å². The minimum absolute atomic E-state index is 0.0459. The molecule has 0 heterocycles. The van der Waals surface area contributed by atoms with Gasteiger partial charge >= 0.3 is 73.4 Å². The summed E-state index contributed by atoms with van der Waals surface area (Å²) in [6.45, 7) is 1.84. The van der Waals surface area contributed by atoms with E-state index in [1.807, 2.05) is 13.0 Å². The van der Waals surface area contributed by atoms with Crippen LogP contribution in [-0.4, -0.2) is 50.9 Å². The monoisotopic (exact) mass is 359 g/mol. The number of aliphatic imine (C=N–C) groups is 1. The standard InChI is InChI=1S/C8H9NO2.C5H10N3OSe/c1-9(8(10)11)7-5-3-2-4-6-7;1-2-3(4(9)10)8-5(6)7/h2-6H,1H3,(H,10,11);3H,2H2,1H3,(H4,6,7,8). The third-order valence-electron chi connectivity index (χ3n) is 2.39. The van der Waals surface area contributed by atoms with Crippen molar-refractivity contribution in [1.82, 2.24) is 0 Å². The van der Waals surface area contributed by atoms with Gasteiger partial charge in [0, 0.05) is 12.7 Å². The number of rotatable bonds is 4. The van der Waals surface area contributed by atoms with Crippen LogP contribution in [0.15, 0.2) is 35.3 Å². The molecule has 0 spiro atoms. The quantitative estimate of drug-likeness (QED) is 0.412. The number of anilines is 1. The Labute approximate surface area is 131 Å². The van der Waals surface area contributed by atoms with Crippen LogP contribution in [0.4, 0.5) is 10.5 Å². The molecule has 0 aromatic heterocycles. The van der Waals surface area contributed by atoms with Crippen molar-refractivity contribution in [1.29, 1.82) is 0 Å². The van der Waals surface area contributed by atoms with Gasteiger partial charge in [0.05, 0.1) is 0 Å². The minimum Gasteiger partial charge on any atom is -0.465 e. The zero-order valence-electron chi connectivity index (χ0n) is 11.9. The molecule has 0 aliphatic rings. The van der Waals surface area contributed by atoms with E-state index in [0.29, 0.717) is 12.1 Å². The first-order valence-corrected chi connectivity index (χ1v) is 6.96. The minimum atomic E-state index is -0.948. The Morgan fingerprint density at radius 1 is 1.33 bits per heavy atom. The van der Waals surface area contributed by atoms with Crippen LogP contribution < -0.4 is 16.4 Å². The Hall–Kier alpha value is -2.05. The average Bonchev–Trinajstić information content (AvgIpc) is 2.45. The molecule has 0 saturated carbocycles. The number of guanidine groups is 1. The molecule has 0 saturated heterocycles. The molecule has 0 aliphatic heterocycles. The number of carbonyl (C=O) groups excluding carboxylic acids is 1. The molecule has 5 N–H and O–H groups in total. The smallest absolute Gasteiger partial charge is 0.411 e.